The average Bonchev–Trinajstić information content (AvgIpc) is 3.56. The maximum absolute atomic E-state index is 13.8. The Balaban J connectivity index is 1.31. The normalized spacial score (nSPS) is 14.4. The highest BCUT2D eigenvalue weighted by molar-refractivity contribution is 5.79. The fraction of sp³-hybridized carbons (Fsp3) is 0.312. The van der Waals surface area contributed by atoms with E-state index < -0.39 is 0 Å². The maximum atomic E-state index is 13.8. The van der Waals surface area contributed by atoms with Crippen LogP contribution in [0.25, 0.3) is 33.5 Å². The van der Waals surface area contributed by atoms with E-state index in [-0.39, 0.29) is 11.9 Å². The molecule has 40 heavy (non-hydrogen) atoms. The summed E-state index contributed by atoms with van der Waals surface area (Å²) in [5, 5.41) is 4.46. The van der Waals surface area contributed by atoms with Crippen LogP contribution in [0.3, 0.4) is 0 Å². The Bertz CT molecular complexity index is 1600. The summed E-state index contributed by atoms with van der Waals surface area (Å²) in [6.07, 6.45) is 8.19. The molecule has 5 aromatic rings. The quantitative estimate of drug-likeness (QED) is 0.179. The lowest BCUT2D eigenvalue weighted by Crippen LogP contribution is -2.16. The third kappa shape index (κ3) is 5.52. The SMILES string of the molecule is CCCCCCNc1nccc(-c2c(-c3ccc(F)cc3)nc3n2C(COc2ccc4ccccc4n2)CC3)n1. The van der Waals surface area contributed by atoms with Gasteiger partial charge in [0.1, 0.15) is 18.2 Å². The molecule has 1 aliphatic rings. The number of nitrogens with zero attached hydrogens (tertiary/aromatic N) is 5. The van der Waals surface area contributed by atoms with Crippen LogP contribution in [-0.4, -0.2) is 37.7 Å². The van der Waals surface area contributed by atoms with Crippen molar-refractivity contribution in [3.05, 3.63) is 84.6 Å². The third-order valence-electron chi connectivity index (χ3n) is 7.38. The van der Waals surface area contributed by atoms with Crippen LogP contribution < -0.4 is 10.1 Å². The molecule has 1 atom stereocenters. The smallest absolute Gasteiger partial charge is 0.223 e. The number of hydrogen-bond donors (Lipinski definition) is 1. The molecule has 0 aliphatic carbocycles. The highest BCUT2D eigenvalue weighted by Gasteiger charge is 2.31. The van der Waals surface area contributed by atoms with Crippen LogP contribution in [-0.2, 0) is 6.42 Å². The Morgan fingerprint density at radius 3 is 2.70 bits per heavy atom. The fourth-order valence-corrected chi connectivity index (χ4v) is 5.32. The minimum atomic E-state index is -0.275. The molecule has 6 rings (SSSR count). The van der Waals surface area contributed by atoms with Crippen LogP contribution in [0.15, 0.2) is 72.9 Å². The van der Waals surface area contributed by atoms with Gasteiger partial charge >= 0.3 is 0 Å². The molecule has 8 heteroatoms. The lowest BCUT2D eigenvalue weighted by Gasteiger charge is -2.18. The van der Waals surface area contributed by atoms with E-state index in [1.54, 1.807) is 18.3 Å². The van der Waals surface area contributed by atoms with Crippen molar-refractivity contribution in [1.29, 1.82) is 0 Å². The number of pyridine rings is 1. The topological polar surface area (TPSA) is 77.8 Å². The lowest BCUT2D eigenvalue weighted by atomic mass is 10.1. The Morgan fingerprint density at radius 1 is 0.950 bits per heavy atom. The second kappa shape index (κ2) is 11.8. The minimum Gasteiger partial charge on any atom is -0.475 e. The number of imidazole rings is 1. The van der Waals surface area contributed by atoms with Gasteiger partial charge in [0, 0.05) is 36.2 Å². The van der Waals surface area contributed by atoms with Gasteiger partial charge in [0.2, 0.25) is 11.8 Å². The number of rotatable bonds is 11. The van der Waals surface area contributed by atoms with Crippen molar-refractivity contribution in [3.63, 3.8) is 0 Å². The molecule has 7 nitrogen and oxygen atoms in total. The number of ether oxygens (including phenoxy) is 1. The van der Waals surface area contributed by atoms with Crippen LogP contribution in [0.5, 0.6) is 5.88 Å². The van der Waals surface area contributed by atoms with E-state index in [1.165, 1.54) is 31.4 Å². The first-order valence-electron chi connectivity index (χ1n) is 14.1. The molecular formula is C32H33FN6O. The van der Waals surface area contributed by atoms with Gasteiger partial charge in [-0.05, 0) is 55.3 Å². The van der Waals surface area contributed by atoms with Crippen molar-refractivity contribution in [3.8, 4) is 28.5 Å². The van der Waals surface area contributed by atoms with Gasteiger partial charge in [0.05, 0.1) is 28.6 Å². The molecule has 1 unspecified atom stereocenters. The van der Waals surface area contributed by atoms with Crippen molar-refractivity contribution in [2.24, 2.45) is 0 Å². The zero-order chi connectivity index (χ0) is 27.3. The van der Waals surface area contributed by atoms with E-state index in [9.17, 15) is 4.39 Å². The third-order valence-corrected chi connectivity index (χ3v) is 7.38. The first-order chi connectivity index (χ1) is 19.7. The molecule has 2 aromatic carbocycles. The minimum absolute atomic E-state index is 0.0559. The zero-order valence-corrected chi connectivity index (χ0v) is 22.7. The summed E-state index contributed by atoms with van der Waals surface area (Å²) in [6, 6.07) is 20.4. The highest BCUT2D eigenvalue weighted by Crippen LogP contribution is 2.39. The Labute approximate surface area is 233 Å². The predicted octanol–water partition coefficient (Wildman–Crippen LogP) is 7.25. The van der Waals surface area contributed by atoms with E-state index in [0.717, 1.165) is 65.2 Å². The summed E-state index contributed by atoms with van der Waals surface area (Å²) in [4.78, 5) is 19.1. The Kier molecular flexibility index (Phi) is 7.66. The van der Waals surface area contributed by atoms with Crippen molar-refractivity contribution in [2.45, 2.75) is 51.5 Å². The molecule has 0 spiro atoms. The van der Waals surface area contributed by atoms with Crippen molar-refractivity contribution in [1.82, 2.24) is 24.5 Å². The summed E-state index contributed by atoms with van der Waals surface area (Å²) in [7, 11) is 0. The maximum Gasteiger partial charge on any atom is 0.223 e. The van der Waals surface area contributed by atoms with E-state index in [4.69, 9.17) is 14.7 Å². The molecule has 0 bridgehead atoms. The summed E-state index contributed by atoms with van der Waals surface area (Å²) < 4.78 is 22.3. The monoisotopic (exact) mass is 536 g/mol. The number of hydrogen-bond acceptors (Lipinski definition) is 6. The van der Waals surface area contributed by atoms with Crippen molar-refractivity contribution >= 4 is 16.9 Å². The van der Waals surface area contributed by atoms with Crippen LogP contribution in [0, 0.1) is 5.82 Å². The van der Waals surface area contributed by atoms with Crippen LogP contribution >= 0.6 is 0 Å². The number of halogens is 1. The van der Waals surface area contributed by atoms with Gasteiger partial charge < -0.3 is 14.6 Å². The van der Waals surface area contributed by atoms with Crippen molar-refractivity contribution < 1.29 is 9.13 Å². The Hall–Kier alpha value is -4.33. The first-order valence-corrected chi connectivity index (χ1v) is 14.1. The van der Waals surface area contributed by atoms with Gasteiger partial charge in [-0.25, -0.2) is 24.3 Å². The molecule has 3 aromatic heterocycles. The standard InChI is InChI=1S/C32H33FN6O/c1-2-3-4-7-19-34-32-35-20-18-27(37-32)31-30(23-10-13-24(33)14-11-23)38-28-16-15-25(39(28)31)21-40-29-17-12-22-8-5-6-9-26(22)36-29/h5-6,8-14,17-18,20,25H,2-4,7,15-16,19,21H2,1H3,(H,34,35,37). The number of nitrogens with one attached hydrogen (secondary N) is 1. The van der Waals surface area contributed by atoms with Gasteiger partial charge in [-0.1, -0.05) is 44.4 Å². The van der Waals surface area contributed by atoms with Gasteiger partial charge in [-0.3, -0.25) is 0 Å². The average molecular weight is 537 g/mol. The second-order valence-electron chi connectivity index (χ2n) is 10.2. The number of para-hydroxylation sites is 1. The molecule has 0 saturated heterocycles. The van der Waals surface area contributed by atoms with E-state index >= 15 is 0 Å². The number of anilines is 1. The molecule has 4 heterocycles. The number of benzene rings is 2. The van der Waals surface area contributed by atoms with E-state index in [2.05, 4.69) is 26.8 Å². The highest BCUT2D eigenvalue weighted by atomic mass is 19.1. The molecule has 1 N–H and O–H groups in total. The number of aromatic nitrogens is 5. The zero-order valence-electron chi connectivity index (χ0n) is 22.7. The number of aryl methyl sites for hydroxylation is 1. The number of unbranched alkanes of at least 4 members (excludes halogenated alkanes) is 3. The molecule has 0 radical (unpaired) electrons. The summed E-state index contributed by atoms with van der Waals surface area (Å²) >= 11 is 0. The van der Waals surface area contributed by atoms with Gasteiger partial charge in [0.15, 0.2) is 0 Å². The molecule has 204 valence electrons. The van der Waals surface area contributed by atoms with Gasteiger partial charge in [-0.2, -0.15) is 0 Å². The lowest BCUT2D eigenvalue weighted by molar-refractivity contribution is 0.248. The second-order valence-corrected chi connectivity index (χ2v) is 10.2. The predicted molar refractivity (Wildman–Crippen MR) is 156 cm³/mol. The largest absolute Gasteiger partial charge is 0.475 e. The Morgan fingerprint density at radius 2 is 1.82 bits per heavy atom. The number of fused-ring (bicyclic) bond motifs is 2. The van der Waals surface area contributed by atoms with E-state index in [0.29, 0.717) is 18.4 Å². The molecular weight excluding hydrogens is 503 g/mol. The van der Waals surface area contributed by atoms with Crippen LogP contribution in [0.4, 0.5) is 10.3 Å². The summed E-state index contributed by atoms with van der Waals surface area (Å²) in [6.45, 7) is 3.49. The molecule has 0 saturated carbocycles. The van der Waals surface area contributed by atoms with Crippen LogP contribution in [0.1, 0.15) is 50.9 Å². The first kappa shape index (κ1) is 25.9. The fourth-order valence-electron chi connectivity index (χ4n) is 5.32. The summed E-state index contributed by atoms with van der Waals surface area (Å²) in [5.41, 5.74) is 4.22. The van der Waals surface area contributed by atoms with Crippen LogP contribution in [0.2, 0.25) is 0 Å². The van der Waals surface area contributed by atoms with Crippen molar-refractivity contribution in [2.75, 3.05) is 18.5 Å². The molecule has 0 amide bonds. The van der Waals surface area contributed by atoms with Gasteiger partial charge in [-0.15, -0.1) is 0 Å². The summed E-state index contributed by atoms with van der Waals surface area (Å²) in [5.74, 6) is 1.90. The molecule has 0 fully saturated rings. The van der Waals surface area contributed by atoms with E-state index in [1.807, 2.05) is 42.5 Å². The van der Waals surface area contributed by atoms with Gasteiger partial charge in [0.25, 0.3) is 0 Å². The molecule has 1 aliphatic heterocycles.